The lowest BCUT2D eigenvalue weighted by atomic mass is 10.0. The number of amides is 1. The van der Waals surface area contributed by atoms with Gasteiger partial charge in [0.2, 0.25) is 0 Å². The number of hydrogen-bond acceptors (Lipinski definition) is 6. The molecule has 4 heterocycles. The largest absolute Gasteiger partial charge is 0.378 e. The van der Waals surface area contributed by atoms with Crippen LogP contribution in [0.15, 0.2) is 36.7 Å². The van der Waals surface area contributed by atoms with Crippen molar-refractivity contribution in [3.05, 3.63) is 52.7 Å². The minimum Gasteiger partial charge on any atom is -0.378 e. The highest BCUT2D eigenvalue weighted by Gasteiger charge is 2.32. The summed E-state index contributed by atoms with van der Waals surface area (Å²) >= 11 is 1.59. The number of aromatic nitrogens is 2. The number of benzene rings is 1. The van der Waals surface area contributed by atoms with Gasteiger partial charge in [-0.05, 0) is 18.4 Å². The predicted octanol–water partition coefficient (Wildman–Crippen LogP) is 3.16. The van der Waals surface area contributed by atoms with Crippen LogP contribution in [0.25, 0.3) is 10.1 Å². The van der Waals surface area contributed by atoms with Crippen molar-refractivity contribution >= 4 is 27.3 Å². The standard InChI is InChI=1S/C23H28N4O3S/c1-2-27-15-17(13-24-27)14-25-7-12-30-19(16-25)21-18-5-3-4-6-20(18)31-22(21)23(28)26-8-10-29-11-9-26/h3-6,13,15,19H,2,7-12,14,16H2,1H3/t19-/m1/s1. The maximum absolute atomic E-state index is 13.4. The van der Waals surface area contributed by atoms with Gasteiger partial charge in [-0.15, -0.1) is 11.3 Å². The Morgan fingerprint density at radius 1 is 1.19 bits per heavy atom. The van der Waals surface area contributed by atoms with Gasteiger partial charge in [-0.2, -0.15) is 5.10 Å². The number of rotatable bonds is 5. The first-order valence-corrected chi connectivity index (χ1v) is 11.8. The van der Waals surface area contributed by atoms with Crippen LogP contribution < -0.4 is 0 Å². The van der Waals surface area contributed by atoms with Crippen LogP contribution in [-0.4, -0.2) is 71.5 Å². The van der Waals surface area contributed by atoms with E-state index in [1.165, 1.54) is 5.56 Å². The number of carbonyl (C=O) groups excluding carboxylic acids is 1. The number of hydrogen-bond donors (Lipinski definition) is 0. The van der Waals surface area contributed by atoms with Gasteiger partial charge in [0, 0.05) is 61.3 Å². The fraction of sp³-hybridized carbons (Fsp3) is 0.478. The Kier molecular flexibility index (Phi) is 6.04. The molecular weight excluding hydrogens is 412 g/mol. The average molecular weight is 441 g/mol. The van der Waals surface area contributed by atoms with Gasteiger partial charge >= 0.3 is 0 Å². The van der Waals surface area contributed by atoms with E-state index in [1.807, 2.05) is 27.9 Å². The van der Waals surface area contributed by atoms with E-state index in [4.69, 9.17) is 9.47 Å². The van der Waals surface area contributed by atoms with E-state index in [9.17, 15) is 4.79 Å². The summed E-state index contributed by atoms with van der Waals surface area (Å²) in [5, 5.41) is 5.53. The van der Waals surface area contributed by atoms with Crippen molar-refractivity contribution in [2.45, 2.75) is 26.1 Å². The molecule has 0 aliphatic carbocycles. The van der Waals surface area contributed by atoms with Gasteiger partial charge in [-0.1, -0.05) is 18.2 Å². The van der Waals surface area contributed by atoms with E-state index in [-0.39, 0.29) is 12.0 Å². The van der Waals surface area contributed by atoms with E-state index >= 15 is 0 Å². The lowest BCUT2D eigenvalue weighted by Crippen LogP contribution is -2.41. The molecule has 0 bridgehead atoms. The Morgan fingerprint density at radius 3 is 2.84 bits per heavy atom. The van der Waals surface area contributed by atoms with Crippen molar-refractivity contribution < 1.29 is 14.3 Å². The summed E-state index contributed by atoms with van der Waals surface area (Å²) in [7, 11) is 0. The molecule has 0 radical (unpaired) electrons. The third-order valence-electron chi connectivity index (χ3n) is 6.02. The molecule has 2 aliphatic rings. The van der Waals surface area contributed by atoms with Gasteiger partial charge < -0.3 is 14.4 Å². The Bertz CT molecular complexity index is 1060. The quantitative estimate of drug-likeness (QED) is 0.610. The van der Waals surface area contributed by atoms with Crippen LogP contribution >= 0.6 is 11.3 Å². The van der Waals surface area contributed by atoms with Crippen LogP contribution in [0.1, 0.15) is 33.8 Å². The summed E-state index contributed by atoms with van der Waals surface area (Å²) in [5.74, 6) is 0.101. The molecule has 0 N–H and O–H groups in total. The zero-order chi connectivity index (χ0) is 21.2. The Labute approximate surface area is 186 Å². The van der Waals surface area contributed by atoms with Gasteiger partial charge in [-0.25, -0.2) is 0 Å². The number of fused-ring (bicyclic) bond motifs is 1. The zero-order valence-corrected chi connectivity index (χ0v) is 18.6. The molecule has 5 rings (SSSR count). The molecule has 1 aromatic carbocycles. The highest BCUT2D eigenvalue weighted by atomic mass is 32.1. The first-order valence-electron chi connectivity index (χ1n) is 11.0. The molecule has 2 aromatic heterocycles. The van der Waals surface area contributed by atoms with Crippen LogP contribution in [0, 0.1) is 0 Å². The SMILES string of the molecule is CCn1cc(CN2CCO[C@@H](c3c(C(=O)N4CCOCC4)sc4ccccc34)C2)cn1. The van der Waals surface area contributed by atoms with E-state index in [2.05, 4.69) is 35.3 Å². The maximum Gasteiger partial charge on any atom is 0.264 e. The van der Waals surface area contributed by atoms with Gasteiger partial charge in [0.25, 0.3) is 5.91 Å². The van der Waals surface area contributed by atoms with Crippen LogP contribution in [0.5, 0.6) is 0 Å². The molecule has 0 saturated carbocycles. The van der Waals surface area contributed by atoms with E-state index in [1.54, 1.807) is 11.3 Å². The lowest BCUT2D eigenvalue weighted by molar-refractivity contribution is -0.0325. The highest BCUT2D eigenvalue weighted by Crippen LogP contribution is 2.39. The summed E-state index contributed by atoms with van der Waals surface area (Å²) in [4.78, 5) is 18.6. The number of aryl methyl sites for hydroxylation is 1. The molecule has 2 aliphatic heterocycles. The monoisotopic (exact) mass is 440 g/mol. The number of morpholine rings is 2. The van der Waals surface area contributed by atoms with Crippen molar-refractivity contribution in [2.24, 2.45) is 0 Å². The Morgan fingerprint density at radius 2 is 2.03 bits per heavy atom. The maximum atomic E-state index is 13.4. The second-order valence-corrected chi connectivity index (χ2v) is 9.10. The smallest absolute Gasteiger partial charge is 0.264 e. The number of nitrogens with zero attached hydrogens (tertiary/aromatic N) is 4. The van der Waals surface area contributed by atoms with Gasteiger partial charge in [0.15, 0.2) is 0 Å². The third-order valence-corrected chi connectivity index (χ3v) is 7.19. The third kappa shape index (κ3) is 4.25. The highest BCUT2D eigenvalue weighted by molar-refractivity contribution is 7.21. The molecule has 31 heavy (non-hydrogen) atoms. The van der Waals surface area contributed by atoms with Crippen molar-refractivity contribution in [1.29, 1.82) is 0 Å². The number of thiophene rings is 1. The Balaban J connectivity index is 1.43. The fourth-order valence-electron chi connectivity index (χ4n) is 4.39. The molecule has 1 amide bonds. The van der Waals surface area contributed by atoms with Crippen molar-refractivity contribution in [1.82, 2.24) is 19.6 Å². The van der Waals surface area contributed by atoms with Crippen LogP contribution in [0.3, 0.4) is 0 Å². The predicted molar refractivity (Wildman–Crippen MR) is 120 cm³/mol. The molecule has 0 spiro atoms. The van der Waals surface area contributed by atoms with E-state index in [0.29, 0.717) is 32.9 Å². The number of carbonyl (C=O) groups is 1. The summed E-state index contributed by atoms with van der Waals surface area (Å²) in [5.41, 5.74) is 2.26. The van der Waals surface area contributed by atoms with Crippen molar-refractivity contribution in [3.63, 3.8) is 0 Å². The summed E-state index contributed by atoms with van der Waals surface area (Å²) < 4.78 is 14.8. The van der Waals surface area contributed by atoms with Gasteiger partial charge in [-0.3, -0.25) is 14.4 Å². The van der Waals surface area contributed by atoms with Gasteiger partial charge in [0.05, 0.1) is 37.0 Å². The van der Waals surface area contributed by atoms with E-state index < -0.39 is 0 Å². The molecule has 2 fully saturated rings. The first kappa shape index (κ1) is 20.6. The van der Waals surface area contributed by atoms with E-state index in [0.717, 1.165) is 46.7 Å². The second-order valence-electron chi connectivity index (χ2n) is 8.04. The molecule has 3 aromatic rings. The fourth-order valence-corrected chi connectivity index (χ4v) is 5.62. The summed E-state index contributed by atoms with van der Waals surface area (Å²) in [6.45, 7) is 8.60. The van der Waals surface area contributed by atoms with Crippen LogP contribution in [0.2, 0.25) is 0 Å². The molecule has 1 atom stereocenters. The molecule has 2 saturated heterocycles. The van der Waals surface area contributed by atoms with Gasteiger partial charge in [0.1, 0.15) is 0 Å². The van der Waals surface area contributed by atoms with Crippen LogP contribution in [-0.2, 0) is 22.6 Å². The summed E-state index contributed by atoms with van der Waals surface area (Å²) in [6, 6.07) is 8.29. The van der Waals surface area contributed by atoms with Crippen LogP contribution in [0.4, 0.5) is 0 Å². The normalized spacial score (nSPS) is 20.4. The first-order chi connectivity index (χ1) is 15.2. The molecule has 164 valence electrons. The second kappa shape index (κ2) is 9.08. The summed E-state index contributed by atoms with van der Waals surface area (Å²) in [6.07, 6.45) is 3.94. The minimum atomic E-state index is -0.119. The average Bonchev–Trinajstić information content (AvgIpc) is 3.43. The Hall–Kier alpha value is -2.26. The zero-order valence-electron chi connectivity index (χ0n) is 17.8. The lowest BCUT2D eigenvalue weighted by Gasteiger charge is -2.33. The molecule has 8 heteroatoms. The molecule has 0 unspecified atom stereocenters. The number of ether oxygens (including phenoxy) is 2. The van der Waals surface area contributed by atoms with Crippen molar-refractivity contribution in [3.8, 4) is 0 Å². The van der Waals surface area contributed by atoms with Crippen molar-refractivity contribution in [2.75, 3.05) is 46.0 Å². The molecule has 7 nitrogen and oxygen atoms in total. The topological polar surface area (TPSA) is 59.8 Å². The molecular formula is C23H28N4O3S. The minimum absolute atomic E-state index is 0.101.